The van der Waals surface area contributed by atoms with Crippen LogP contribution in [0.25, 0.3) is 10.8 Å². The molecule has 0 aromatic heterocycles. The third kappa shape index (κ3) is 4.24. The minimum absolute atomic E-state index is 0.00266. The quantitative estimate of drug-likeness (QED) is 0.402. The van der Waals surface area contributed by atoms with Gasteiger partial charge in [0.15, 0.2) is 6.10 Å². The first-order valence-corrected chi connectivity index (χ1v) is 8.38. The van der Waals surface area contributed by atoms with E-state index >= 15 is 0 Å². The summed E-state index contributed by atoms with van der Waals surface area (Å²) in [5, 5.41) is 28.1. The van der Waals surface area contributed by atoms with Crippen molar-refractivity contribution in [1.82, 2.24) is 5.43 Å². The number of carbonyl (C=O) groups is 1. The van der Waals surface area contributed by atoms with E-state index in [-0.39, 0.29) is 11.3 Å². The first kappa shape index (κ1) is 18.8. The first-order valence-electron chi connectivity index (χ1n) is 8.38. The first-order chi connectivity index (χ1) is 13.5. The van der Waals surface area contributed by atoms with Crippen LogP contribution in [-0.4, -0.2) is 23.1 Å². The van der Waals surface area contributed by atoms with E-state index in [1.165, 1.54) is 0 Å². The third-order valence-electron chi connectivity index (χ3n) is 4.01. The third-order valence-corrected chi connectivity index (χ3v) is 4.01. The number of hydrogen-bond donors (Lipinski definition) is 1. The van der Waals surface area contributed by atoms with Crippen LogP contribution in [0.5, 0.6) is 11.5 Å². The van der Waals surface area contributed by atoms with E-state index in [1.54, 1.807) is 13.0 Å². The molecule has 0 spiro atoms. The zero-order valence-corrected chi connectivity index (χ0v) is 14.9. The Labute approximate surface area is 160 Å². The number of rotatable bonds is 6. The Kier molecular flexibility index (Phi) is 5.50. The van der Waals surface area contributed by atoms with Crippen LogP contribution in [0, 0.1) is 10.1 Å². The van der Waals surface area contributed by atoms with Crippen LogP contribution in [0.15, 0.2) is 65.8 Å². The van der Waals surface area contributed by atoms with Gasteiger partial charge in [0.1, 0.15) is 5.75 Å². The Morgan fingerprint density at radius 1 is 1.18 bits per heavy atom. The van der Waals surface area contributed by atoms with Crippen LogP contribution >= 0.6 is 0 Å². The van der Waals surface area contributed by atoms with Gasteiger partial charge in [0, 0.05) is 17.5 Å². The number of non-ortho nitro benzene ring substituents is 1. The van der Waals surface area contributed by atoms with E-state index in [0.29, 0.717) is 5.75 Å². The number of hydrazone groups is 1. The summed E-state index contributed by atoms with van der Waals surface area (Å²) in [6.07, 6.45) is 0.220. The van der Waals surface area contributed by atoms with Crippen LogP contribution in [0.2, 0.25) is 0 Å². The van der Waals surface area contributed by atoms with Gasteiger partial charge in [-0.05, 0) is 23.9 Å². The number of nitrogens with one attached hydrogen (secondary N) is 1. The fourth-order valence-corrected chi connectivity index (χ4v) is 2.55. The summed E-state index contributed by atoms with van der Waals surface area (Å²) in [5.41, 5.74) is 2.03. The zero-order chi connectivity index (χ0) is 20.1. The fraction of sp³-hybridized carbons (Fsp3) is 0.100. The van der Waals surface area contributed by atoms with Gasteiger partial charge >= 0.3 is 0 Å². The van der Waals surface area contributed by atoms with Crippen LogP contribution in [0.4, 0.5) is 5.69 Å². The van der Waals surface area contributed by atoms with Crippen LogP contribution in [0.3, 0.4) is 0 Å². The number of fused-ring (bicyclic) bond motifs is 1. The average Bonchev–Trinajstić information content (AvgIpc) is 2.69. The Balaban J connectivity index is 1.67. The van der Waals surface area contributed by atoms with Crippen molar-refractivity contribution in [1.29, 1.82) is 0 Å². The van der Waals surface area contributed by atoms with Crippen molar-refractivity contribution in [3.8, 4) is 11.5 Å². The molecule has 0 heterocycles. The lowest BCUT2D eigenvalue weighted by molar-refractivity contribution is -0.385. The maximum atomic E-state index is 12.2. The molecule has 0 unspecified atom stereocenters. The molecule has 0 radical (unpaired) electrons. The molecular weight excluding hydrogens is 362 g/mol. The number of nitrogens with zero attached hydrogens (tertiary/aromatic N) is 2. The molecule has 8 heteroatoms. The highest BCUT2D eigenvalue weighted by atomic mass is 16.6. The minimum atomic E-state index is -0.847. The molecule has 1 amide bonds. The van der Waals surface area contributed by atoms with Gasteiger partial charge in [0.2, 0.25) is 0 Å². The summed E-state index contributed by atoms with van der Waals surface area (Å²) < 4.78 is 5.73. The molecule has 1 atom stereocenters. The van der Waals surface area contributed by atoms with Crippen LogP contribution in [-0.2, 0) is 4.79 Å². The molecule has 0 saturated heterocycles. The topological polar surface area (TPSA) is 117 Å². The maximum Gasteiger partial charge on any atom is 0.280 e. The number of nitro benzene ring substituents is 1. The fourth-order valence-electron chi connectivity index (χ4n) is 2.55. The van der Waals surface area contributed by atoms with E-state index in [1.807, 2.05) is 36.4 Å². The highest BCUT2D eigenvalue weighted by Crippen LogP contribution is 2.26. The molecular formula is C20H16N3O5-. The Bertz CT molecular complexity index is 1060. The van der Waals surface area contributed by atoms with Gasteiger partial charge in [0.05, 0.1) is 11.1 Å². The minimum Gasteiger partial charge on any atom is -0.872 e. The number of nitro groups is 1. The molecule has 0 aliphatic carbocycles. The molecule has 3 aromatic rings. The molecule has 3 rings (SSSR count). The summed E-state index contributed by atoms with van der Waals surface area (Å²) >= 11 is 0. The summed E-state index contributed by atoms with van der Waals surface area (Å²) in [5.74, 6) is -0.407. The van der Waals surface area contributed by atoms with E-state index in [9.17, 15) is 20.0 Å². The van der Waals surface area contributed by atoms with Crippen molar-refractivity contribution in [2.24, 2.45) is 5.10 Å². The van der Waals surface area contributed by atoms with Crippen molar-refractivity contribution in [3.63, 3.8) is 0 Å². The normalized spacial score (nSPS) is 12.0. The molecule has 1 N–H and O–H groups in total. The monoisotopic (exact) mass is 378 g/mol. The predicted molar refractivity (Wildman–Crippen MR) is 102 cm³/mol. The predicted octanol–water partition coefficient (Wildman–Crippen LogP) is 2.74. The summed E-state index contributed by atoms with van der Waals surface area (Å²) in [4.78, 5) is 22.4. The second kappa shape index (κ2) is 8.17. The number of hydrogen-bond acceptors (Lipinski definition) is 6. The van der Waals surface area contributed by atoms with Crippen molar-refractivity contribution in [2.75, 3.05) is 0 Å². The molecule has 3 aromatic carbocycles. The van der Waals surface area contributed by atoms with Crippen LogP contribution < -0.4 is 15.3 Å². The van der Waals surface area contributed by atoms with Gasteiger partial charge in [-0.2, -0.15) is 5.10 Å². The zero-order valence-electron chi connectivity index (χ0n) is 14.9. The summed E-state index contributed by atoms with van der Waals surface area (Å²) in [6, 6.07) is 16.4. The van der Waals surface area contributed by atoms with Crippen molar-refractivity contribution < 1.29 is 19.6 Å². The second-order valence-electron chi connectivity index (χ2n) is 5.95. The highest BCUT2D eigenvalue weighted by Gasteiger charge is 2.15. The van der Waals surface area contributed by atoms with E-state index in [2.05, 4.69) is 10.5 Å². The molecule has 0 saturated carbocycles. The Morgan fingerprint density at radius 3 is 2.71 bits per heavy atom. The number of benzene rings is 3. The molecule has 0 bridgehead atoms. The molecule has 28 heavy (non-hydrogen) atoms. The maximum absolute atomic E-state index is 12.2. The van der Waals surface area contributed by atoms with E-state index in [4.69, 9.17) is 4.74 Å². The highest BCUT2D eigenvalue weighted by molar-refractivity contribution is 5.89. The molecule has 8 nitrogen and oxygen atoms in total. The molecule has 0 aliphatic heterocycles. The standard InChI is InChI=1S/C20H17N3O5/c1-13(28-19-8-4-6-14-5-2-3-7-17(14)19)20(25)22-21-12-15-11-16(23(26)27)9-10-18(15)24/h2-13,24H,1H3,(H,22,25)/p-1/b21-12-/t13-/m0/s1. The summed E-state index contributed by atoms with van der Waals surface area (Å²) in [7, 11) is 0. The second-order valence-corrected chi connectivity index (χ2v) is 5.95. The largest absolute Gasteiger partial charge is 0.872 e. The lowest BCUT2D eigenvalue weighted by Crippen LogP contribution is -2.33. The average molecular weight is 378 g/mol. The van der Waals surface area contributed by atoms with Gasteiger partial charge in [-0.25, -0.2) is 5.43 Å². The smallest absolute Gasteiger partial charge is 0.280 e. The van der Waals surface area contributed by atoms with E-state index < -0.39 is 22.7 Å². The molecule has 142 valence electrons. The number of ether oxygens (including phenoxy) is 1. The lowest BCUT2D eigenvalue weighted by atomic mass is 10.1. The molecule has 0 fully saturated rings. The Hall–Kier alpha value is -3.94. The van der Waals surface area contributed by atoms with Gasteiger partial charge in [0.25, 0.3) is 11.6 Å². The van der Waals surface area contributed by atoms with Crippen LogP contribution in [0.1, 0.15) is 12.5 Å². The van der Waals surface area contributed by atoms with Gasteiger partial charge in [-0.3, -0.25) is 14.9 Å². The van der Waals surface area contributed by atoms with Crippen molar-refractivity contribution in [2.45, 2.75) is 13.0 Å². The van der Waals surface area contributed by atoms with Gasteiger partial charge < -0.3 is 9.84 Å². The number of carbonyl (C=O) groups excluding carboxylic acids is 1. The Morgan fingerprint density at radius 2 is 1.93 bits per heavy atom. The van der Waals surface area contributed by atoms with Gasteiger partial charge in [-0.1, -0.05) is 48.2 Å². The van der Waals surface area contributed by atoms with E-state index in [0.717, 1.165) is 35.2 Å². The van der Waals surface area contributed by atoms with Gasteiger partial charge in [-0.15, -0.1) is 0 Å². The van der Waals surface area contributed by atoms with Crippen molar-refractivity contribution in [3.05, 3.63) is 76.3 Å². The summed E-state index contributed by atoms with van der Waals surface area (Å²) in [6.45, 7) is 1.57. The molecule has 0 aliphatic rings. The van der Waals surface area contributed by atoms with Crippen molar-refractivity contribution >= 4 is 28.6 Å². The number of amides is 1. The SMILES string of the molecule is C[C@H](Oc1cccc2ccccc12)C(=O)N/N=C\c1cc([N+](=O)[O-])ccc1[O-]. The lowest BCUT2D eigenvalue weighted by Gasteiger charge is -2.15.